The van der Waals surface area contributed by atoms with Crippen LogP contribution < -0.4 is 9.47 Å². The lowest BCUT2D eigenvalue weighted by Gasteiger charge is -2.07. The van der Waals surface area contributed by atoms with Crippen molar-refractivity contribution in [1.29, 1.82) is 0 Å². The molecule has 0 saturated carbocycles. The number of benzene rings is 2. The van der Waals surface area contributed by atoms with Gasteiger partial charge in [0.05, 0.1) is 14.2 Å². The highest BCUT2D eigenvalue weighted by Gasteiger charge is 2.24. The Bertz CT molecular complexity index is 841. The molecule has 2 aromatic rings. The molecule has 0 bridgehead atoms. The van der Waals surface area contributed by atoms with Crippen LogP contribution in [0.25, 0.3) is 6.08 Å². The first-order valence-electron chi connectivity index (χ1n) is 7.11. The molecule has 0 unspecified atom stereocenters. The fourth-order valence-electron chi connectivity index (χ4n) is 2.23. The summed E-state index contributed by atoms with van der Waals surface area (Å²) in [7, 11) is 3.08. The number of cyclic esters (lactones) is 1. The first-order valence-corrected chi connectivity index (χ1v) is 7.11. The van der Waals surface area contributed by atoms with Crippen molar-refractivity contribution in [1.82, 2.24) is 0 Å². The number of carbonyl (C=O) groups is 1. The van der Waals surface area contributed by atoms with E-state index in [1.807, 2.05) is 0 Å². The SMILES string of the molecule is COc1ccc(C=C2N=C(c3ccc(F)cc3)OC2=O)cc1OC. The maximum Gasteiger partial charge on any atom is 0.363 e. The molecule has 6 heteroatoms. The highest BCUT2D eigenvalue weighted by Crippen LogP contribution is 2.29. The maximum absolute atomic E-state index is 13.0. The van der Waals surface area contributed by atoms with Crippen LogP contribution in [0.5, 0.6) is 11.5 Å². The Labute approximate surface area is 138 Å². The van der Waals surface area contributed by atoms with Crippen LogP contribution in [0.2, 0.25) is 0 Å². The Balaban J connectivity index is 1.92. The molecule has 0 N–H and O–H groups in total. The zero-order chi connectivity index (χ0) is 17.1. The summed E-state index contributed by atoms with van der Waals surface area (Å²) in [5.74, 6) is 0.339. The molecule has 3 rings (SSSR count). The third kappa shape index (κ3) is 3.12. The van der Waals surface area contributed by atoms with Crippen LogP contribution >= 0.6 is 0 Å². The third-order valence-corrected chi connectivity index (χ3v) is 3.42. The zero-order valence-corrected chi connectivity index (χ0v) is 13.1. The molecule has 0 atom stereocenters. The largest absolute Gasteiger partial charge is 0.493 e. The van der Waals surface area contributed by atoms with E-state index in [9.17, 15) is 9.18 Å². The number of halogens is 1. The van der Waals surface area contributed by atoms with Gasteiger partial charge in [-0.05, 0) is 48.0 Å². The van der Waals surface area contributed by atoms with Gasteiger partial charge >= 0.3 is 5.97 Å². The molecule has 0 fully saturated rings. The smallest absolute Gasteiger partial charge is 0.363 e. The molecule has 0 amide bonds. The number of nitrogens with zero attached hydrogens (tertiary/aromatic N) is 1. The van der Waals surface area contributed by atoms with E-state index in [4.69, 9.17) is 14.2 Å². The monoisotopic (exact) mass is 327 g/mol. The topological polar surface area (TPSA) is 57.1 Å². The number of methoxy groups -OCH3 is 2. The molecule has 1 heterocycles. The number of esters is 1. The molecular formula is C18H14FNO4. The van der Waals surface area contributed by atoms with Gasteiger partial charge in [-0.15, -0.1) is 0 Å². The van der Waals surface area contributed by atoms with Crippen LogP contribution in [-0.4, -0.2) is 26.1 Å². The summed E-state index contributed by atoms with van der Waals surface area (Å²) in [6, 6.07) is 10.8. The van der Waals surface area contributed by atoms with E-state index >= 15 is 0 Å². The van der Waals surface area contributed by atoms with E-state index in [1.54, 1.807) is 31.4 Å². The lowest BCUT2D eigenvalue weighted by molar-refractivity contribution is -0.129. The predicted octanol–water partition coefficient (Wildman–Crippen LogP) is 3.19. The van der Waals surface area contributed by atoms with Crippen molar-refractivity contribution >= 4 is 17.9 Å². The average molecular weight is 327 g/mol. The summed E-state index contributed by atoms with van der Waals surface area (Å²) in [6.07, 6.45) is 1.58. The van der Waals surface area contributed by atoms with Crippen molar-refractivity contribution < 1.29 is 23.4 Å². The predicted molar refractivity (Wildman–Crippen MR) is 86.6 cm³/mol. The molecule has 5 nitrogen and oxygen atoms in total. The van der Waals surface area contributed by atoms with Crippen LogP contribution in [-0.2, 0) is 9.53 Å². The Morgan fingerprint density at radius 2 is 1.75 bits per heavy atom. The number of aliphatic imine (C=N–C) groups is 1. The molecule has 0 radical (unpaired) electrons. The molecule has 122 valence electrons. The standard InChI is InChI=1S/C18H14FNO4/c1-22-15-8-3-11(10-16(15)23-2)9-14-18(21)24-17(20-14)12-4-6-13(19)7-5-12/h3-10H,1-2H3. The van der Waals surface area contributed by atoms with Gasteiger partial charge in [-0.3, -0.25) is 0 Å². The van der Waals surface area contributed by atoms with Crippen LogP contribution in [0.1, 0.15) is 11.1 Å². The lowest BCUT2D eigenvalue weighted by atomic mass is 10.1. The Kier molecular flexibility index (Phi) is 4.29. The maximum atomic E-state index is 13.0. The van der Waals surface area contributed by atoms with Gasteiger partial charge in [0, 0.05) is 5.56 Å². The fourth-order valence-corrected chi connectivity index (χ4v) is 2.23. The Morgan fingerprint density at radius 3 is 2.42 bits per heavy atom. The van der Waals surface area contributed by atoms with Gasteiger partial charge < -0.3 is 14.2 Å². The minimum absolute atomic E-state index is 0.145. The van der Waals surface area contributed by atoms with Crippen molar-refractivity contribution in [2.24, 2.45) is 4.99 Å². The van der Waals surface area contributed by atoms with Gasteiger partial charge in [-0.2, -0.15) is 0 Å². The summed E-state index contributed by atoms with van der Waals surface area (Å²) in [5.41, 5.74) is 1.39. The van der Waals surface area contributed by atoms with E-state index < -0.39 is 5.97 Å². The van der Waals surface area contributed by atoms with Gasteiger partial charge in [-0.25, -0.2) is 14.2 Å². The molecule has 2 aromatic carbocycles. The number of hydrogen-bond donors (Lipinski definition) is 0. The first kappa shape index (κ1) is 15.7. The molecule has 1 aliphatic heterocycles. The normalized spacial score (nSPS) is 15.2. The van der Waals surface area contributed by atoms with Crippen molar-refractivity contribution in [2.45, 2.75) is 0 Å². The van der Waals surface area contributed by atoms with Crippen molar-refractivity contribution in [2.75, 3.05) is 14.2 Å². The Hall–Kier alpha value is -3.15. The van der Waals surface area contributed by atoms with Gasteiger partial charge in [-0.1, -0.05) is 6.07 Å². The number of carbonyl (C=O) groups excluding carboxylic acids is 1. The first-order chi connectivity index (χ1) is 11.6. The summed E-state index contributed by atoms with van der Waals surface area (Å²) < 4.78 is 28.5. The molecule has 24 heavy (non-hydrogen) atoms. The van der Waals surface area contributed by atoms with E-state index in [0.29, 0.717) is 22.6 Å². The van der Waals surface area contributed by atoms with Gasteiger partial charge in [0.15, 0.2) is 17.2 Å². The lowest BCUT2D eigenvalue weighted by Crippen LogP contribution is -2.05. The van der Waals surface area contributed by atoms with Gasteiger partial charge in [0.2, 0.25) is 5.90 Å². The van der Waals surface area contributed by atoms with E-state index in [2.05, 4.69) is 4.99 Å². The van der Waals surface area contributed by atoms with E-state index in [1.165, 1.54) is 31.4 Å². The van der Waals surface area contributed by atoms with Crippen molar-refractivity contribution in [3.63, 3.8) is 0 Å². The summed E-state index contributed by atoms with van der Waals surface area (Å²) in [6.45, 7) is 0. The summed E-state index contributed by atoms with van der Waals surface area (Å²) >= 11 is 0. The van der Waals surface area contributed by atoms with Crippen molar-refractivity contribution in [3.8, 4) is 11.5 Å². The number of rotatable bonds is 4. The molecule has 0 aliphatic carbocycles. The second-order valence-corrected chi connectivity index (χ2v) is 4.96. The minimum atomic E-state index is -0.566. The Morgan fingerprint density at radius 1 is 1.04 bits per heavy atom. The third-order valence-electron chi connectivity index (χ3n) is 3.42. The summed E-state index contributed by atoms with van der Waals surface area (Å²) in [4.78, 5) is 16.1. The van der Waals surface area contributed by atoms with Crippen LogP contribution in [0.3, 0.4) is 0 Å². The molecule has 0 saturated heterocycles. The van der Waals surface area contributed by atoms with Crippen molar-refractivity contribution in [3.05, 3.63) is 65.1 Å². The van der Waals surface area contributed by atoms with Gasteiger partial charge in [0.25, 0.3) is 0 Å². The molecule has 1 aliphatic rings. The van der Waals surface area contributed by atoms with Crippen LogP contribution in [0.15, 0.2) is 53.2 Å². The minimum Gasteiger partial charge on any atom is -0.493 e. The van der Waals surface area contributed by atoms with Gasteiger partial charge in [0.1, 0.15) is 5.82 Å². The second-order valence-electron chi connectivity index (χ2n) is 4.96. The van der Waals surface area contributed by atoms with Crippen LogP contribution in [0.4, 0.5) is 4.39 Å². The number of hydrogen-bond acceptors (Lipinski definition) is 5. The molecular weight excluding hydrogens is 313 g/mol. The number of ether oxygens (including phenoxy) is 3. The van der Waals surface area contributed by atoms with E-state index in [-0.39, 0.29) is 17.4 Å². The average Bonchev–Trinajstić information content (AvgIpc) is 2.96. The second kappa shape index (κ2) is 6.54. The fraction of sp³-hybridized carbons (Fsp3) is 0.111. The van der Waals surface area contributed by atoms with Crippen LogP contribution in [0, 0.1) is 5.82 Å². The molecule has 0 spiro atoms. The zero-order valence-electron chi connectivity index (χ0n) is 13.1. The molecule has 0 aromatic heterocycles. The highest BCUT2D eigenvalue weighted by molar-refractivity contribution is 6.12. The summed E-state index contributed by atoms with van der Waals surface area (Å²) in [5, 5.41) is 0. The van der Waals surface area contributed by atoms with E-state index in [0.717, 1.165) is 0 Å². The highest BCUT2D eigenvalue weighted by atomic mass is 19.1. The quantitative estimate of drug-likeness (QED) is 0.639.